The predicted octanol–water partition coefficient (Wildman–Crippen LogP) is 2.86. The Morgan fingerprint density at radius 3 is 2.48 bits per heavy atom. The number of amides is 1. The highest BCUT2D eigenvalue weighted by Crippen LogP contribution is 2.27. The molecule has 0 radical (unpaired) electrons. The fourth-order valence-electron chi connectivity index (χ4n) is 2.28. The lowest BCUT2D eigenvalue weighted by Crippen LogP contribution is -2.41. The highest BCUT2D eigenvalue weighted by Gasteiger charge is 2.25. The van der Waals surface area contributed by atoms with Gasteiger partial charge in [-0.25, -0.2) is 8.42 Å². The van der Waals surface area contributed by atoms with Gasteiger partial charge in [0.15, 0.2) is 5.78 Å². The van der Waals surface area contributed by atoms with Gasteiger partial charge in [-0.05, 0) is 44.2 Å². The molecule has 27 heavy (non-hydrogen) atoms. The van der Waals surface area contributed by atoms with E-state index in [1.807, 2.05) is 0 Å². The average Bonchev–Trinajstić information content (AvgIpc) is 2.61. The molecule has 0 spiro atoms. The van der Waals surface area contributed by atoms with Gasteiger partial charge in [-0.1, -0.05) is 23.7 Å². The molecule has 2 aromatic carbocycles. The Kier molecular flexibility index (Phi) is 6.59. The van der Waals surface area contributed by atoms with Gasteiger partial charge >= 0.3 is 0 Å². The minimum atomic E-state index is -4.06. The van der Waals surface area contributed by atoms with Crippen LogP contribution < -0.4 is 14.8 Å². The van der Waals surface area contributed by atoms with E-state index < -0.39 is 22.0 Å². The van der Waals surface area contributed by atoms with Gasteiger partial charge in [0.1, 0.15) is 10.6 Å². The number of methoxy groups -OCH3 is 1. The van der Waals surface area contributed by atoms with Gasteiger partial charge in [-0.2, -0.15) is 4.72 Å². The van der Waals surface area contributed by atoms with Gasteiger partial charge in [0, 0.05) is 16.3 Å². The lowest BCUT2D eigenvalue weighted by atomic mass is 10.1. The van der Waals surface area contributed by atoms with Crippen LogP contribution in [0, 0.1) is 0 Å². The Hall–Kier alpha value is -2.42. The van der Waals surface area contributed by atoms with Crippen molar-refractivity contribution in [3.63, 3.8) is 0 Å². The van der Waals surface area contributed by atoms with Crippen molar-refractivity contribution < 1.29 is 22.7 Å². The number of carbonyl (C=O) groups is 2. The molecule has 7 nitrogen and oxygen atoms in total. The molecule has 0 saturated carbocycles. The van der Waals surface area contributed by atoms with Gasteiger partial charge in [0.05, 0.1) is 13.2 Å². The van der Waals surface area contributed by atoms with Crippen LogP contribution in [0.5, 0.6) is 5.75 Å². The molecule has 2 N–H and O–H groups in total. The molecule has 144 valence electrons. The molecule has 0 bridgehead atoms. The summed E-state index contributed by atoms with van der Waals surface area (Å²) < 4.78 is 32.5. The maximum Gasteiger partial charge on any atom is 0.245 e. The van der Waals surface area contributed by atoms with Crippen molar-refractivity contribution in [3.05, 3.63) is 53.1 Å². The average molecular weight is 411 g/mol. The van der Waals surface area contributed by atoms with E-state index in [1.54, 1.807) is 18.2 Å². The summed E-state index contributed by atoms with van der Waals surface area (Å²) >= 11 is 5.87. The first-order valence-corrected chi connectivity index (χ1v) is 9.78. The summed E-state index contributed by atoms with van der Waals surface area (Å²) in [5.74, 6) is -0.623. The Balaban J connectivity index is 2.17. The smallest absolute Gasteiger partial charge is 0.245 e. The number of anilines is 1. The van der Waals surface area contributed by atoms with Gasteiger partial charge in [-0.15, -0.1) is 0 Å². The highest BCUT2D eigenvalue weighted by atomic mass is 35.5. The molecule has 1 atom stereocenters. The van der Waals surface area contributed by atoms with Crippen molar-refractivity contribution in [2.45, 2.75) is 24.8 Å². The first-order chi connectivity index (χ1) is 12.6. The topological polar surface area (TPSA) is 102 Å². The first kappa shape index (κ1) is 20.9. The maximum absolute atomic E-state index is 12.6. The third kappa shape index (κ3) is 5.29. The highest BCUT2D eigenvalue weighted by molar-refractivity contribution is 7.89. The Bertz CT molecular complexity index is 975. The normalized spacial score (nSPS) is 12.3. The summed E-state index contributed by atoms with van der Waals surface area (Å²) in [4.78, 5) is 23.6. The number of hydrogen-bond donors (Lipinski definition) is 2. The molecule has 9 heteroatoms. The molecule has 0 aliphatic heterocycles. The van der Waals surface area contributed by atoms with Crippen LogP contribution in [-0.2, 0) is 14.8 Å². The number of benzene rings is 2. The van der Waals surface area contributed by atoms with Gasteiger partial charge in [0.2, 0.25) is 15.9 Å². The second kappa shape index (κ2) is 8.51. The molecule has 0 aliphatic rings. The number of rotatable bonds is 7. The fraction of sp³-hybridized carbons (Fsp3) is 0.222. The number of ketones is 1. The lowest BCUT2D eigenvalue weighted by molar-refractivity contribution is -0.117. The second-order valence-corrected chi connectivity index (χ2v) is 7.88. The maximum atomic E-state index is 12.6. The van der Waals surface area contributed by atoms with Crippen LogP contribution in [0.2, 0.25) is 5.02 Å². The van der Waals surface area contributed by atoms with Gasteiger partial charge < -0.3 is 10.1 Å². The van der Waals surface area contributed by atoms with Crippen LogP contribution in [0.25, 0.3) is 0 Å². The first-order valence-electron chi connectivity index (χ1n) is 7.92. The number of sulfonamides is 1. The number of nitrogens with one attached hydrogen (secondary N) is 2. The lowest BCUT2D eigenvalue weighted by Gasteiger charge is -2.16. The SMILES string of the molecule is COc1ccc(Cl)cc1S(=O)(=O)N[C@@H](C)C(=O)Nc1cccc(C(C)=O)c1. The summed E-state index contributed by atoms with van der Waals surface area (Å²) in [6.07, 6.45) is 0. The van der Waals surface area contributed by atoms with Crippen LogP contribution in [0.1, 0.15) is 24.2 Å². The van der Waals surface area contributed by atoms with Crippen LogP contribution in [0.15, 0.2) is 47.4 Å². The van der Waals surface area contributed by atoms with E-state index in [4.69, 9.17) is 16.3 Å². The summed E-state index contributed by atoms with van der Waals surface area (Å²) in [7, 11) is -2.72. The van der Waals surface area contributed by atoms with Crippen molar-refractivity contribution in [1.29, 1.82) is 0 Å². The number of carbonyl (C=O) groups excluding carboxylic acids is 2. The molecular formula is C18H19ClN2O5S. The number of hydrogen-bond acceptors (Lipinski definition) is 5. The minimum Gasteiger partial charge on any atom is -0.495 e. The van der Waals surface area contributed by atoms with Crippen LogP contribution >= 0.6 is 11.6 Å². The quantitative estimate of drug-likeness (QED) is 0.683. The van der Waals surface area contributed by atoms with Crippen LogP contribution in [0.3, 0.4) is 0 Å². The molecule has 2 rings (SSSR count). The molecule has 0 aliphatic carbocycles. The number of Topliss-reactive ketones (excluding diaryl/α,β-unsaturated/α-hetero) is 1. The zero-order valence-electron chi connectivity index (χ0n) is 14.9. The zero-order valence-corrected chi connectivity index (χ0v) is 16.5. The molecule has 0 unspecified atom stereocenters. The van der Waals surface area contributed by atoms with Gasteiger partial charge in [-0.3, -0.25) is 9.59 Å². The molecule has 0 saturated heterocycles. The van der Waals surface area contributed by atoms with Gasteiger partial charge in [0.25, 0.3) is 0 Å². The van der Waals surface area contributed by atoms with Crippen molar-refractivity contribution in [2.24, 2.45) is 0 Å². The Morgan fingerprint density at radius 1 is 1.15 bits per heavy atom. The van der Waals surface area contributed by atoms with E-state index in [0.29, 0.717) is 11.3 Å². The molecule has 2 aromatic rings. The van der Waals surface area contributed by atoms with E-state index in [2.05, 4.69) is 10.0 Å². The molecule has 0 fully saturated rings. The number of halogens is 1. The van der Waals surface area contributed by atoms with Crippen molar-refractivity contribution >= 4 is 39.0 Å². The molecular weight excluding hydrogens is 392 g/mol. The molecule has 0 aromatic heterocycles. The summed E-state index contributed by atoms with van der Waals surface area (Å²) in [5.41, 5.74) is 0.823. The number of ether oxygens (including phenoxy) is 1. The standard InChI is InChI=1S/C18H19ClN2O5S/c1-11(18(23)20-15-6-4-5-13(9-15)12(2)22)21-27(24,25)17-10-14(19)7-8-16(17)26-3/h4-11,21H,1-3H3,(H,20,23)/t11-/m0/s1. The van der Waals surface area contributed by atoms with Crippen molar-refractivity contribution in [2.75, 3.05) is 12.4 Å². The fourth-order valence-corrected chi connectivity index (χ4v) is 3.91. The van der Waals surface area contributed by atoms with Crippen molar-refractivity contribution in [1.82, 2.24) is 4.72 Å². The summed E-state index contributed by atoms with van der Waals surface area (Å²) in [5, 5.41) is 2.79. The third-order valence-electron chi connectivity index (χ3n) is 3.68. The summed E-state index contributed by atoms with van der Waals surface area (Å²) in [6, 6.07) is 9.44. The Labute approximate surface area is 162 Å². The predicted molar refractivity (Wildman–Crippen MR) is 103 cm³/mol. The van der Waals surface area contributed by atoms with Crippen LogP contribution in [-0.4, -0.2) is 33.3 Å². The van der Waals surface area contributed by atoms with Crippen molar-refractivity contribution in [3.8, 4) is 5.75 Å². The molecule has 1 amide bonds. The van der Waals surface area contributed by atoms with E-state index in [-0.39, 0.29) is 21.5 Å². The summed E-state index contributed by atoms with van der Waals surface area (Å²) in [6.45, 7) is 2.81. The van der Waals surface area contributed by atoms with E-state index in [0.717, 1.165) is 0 Å². The second-order valence-electron chi connectivity index (χ2n) is 5.76. The zero-order chi connectivity index (χ0) is 20.2. The third-order valence-corrected chi connectivity index (χ3v) is 5.47. The monoisotopic (exact) mass is 410 g/mol. The largest absolute Gasteiger partial charge is 0.495 e. The minimum absolute atomic E-state index is 0.105. The Morgan fingerprint density at radius 2 is 1.85 bits per heavy atom. The van der Waals surface area contributed by atoms with E-state index in [1.165, 1.54) is 45.2 Å². The van der Waals surface area contributed by atoms with E-state index in [9.17, 15) is 18.0 Å². The van der Waals surface area contributed by atoms with Crippen LogP contribution in [0.4, 0.5) is 5.69 Å². The van der Waals surface area contributed by atoms with E-state index >= 15 is 0 Å². The molecule has 0 heterocycles.